The molecule has 0 N–H and O–H groups in total. The van der Waals surface area contributed by atoms with Crippen LogP contribution in [0.3, 0.4) is 0 Å². The summed E-state index contributed by atoms with van der Waals surface area (Å²) in [6.45, 7) is 5.25. The van der Waals surface area contributed by atoms with Crippen molar-refractivity contribution < 1.29 is 19.1 Å². The number of carbonyl (C=O) groups is 2. The molecule has 1 fully saturated rings. The maximum atomic E-state index is 11.7. The fourth-order valence-corrected chi connectivity index (χ4v) is 2.06. The Hall–Kier alpha value is -1.14. The zero-order chi connectivity index (χ0) is 13.7. The molecule has 0 radical (unpaired) electrons. The molecular weight excluding hydrogens is 236 g/mol. The highest BCUT2D eigenvalue weighted by Crippen LogP contribution is 2.14. The maximum absolute atomic E-state index is 11.7. The number of hydrogen-bond acceptors (Lipinski definition) is 6. The van der Waals surface area contributed by atoms with Crippen molar-refractivity contribution in [1.29, 1.82) is 0 Å². The minimum Gasteiger partial charge on any atom is -0.465 e. The summed E-state index contributed by atoms with van der Waals surface area (Å²) in [6, 6.07) is -0.638. The lowest BCUT2D eigenvalue weighted by atomic mass is 10.1. The van der Waals surface area contributed by atoms with E-state index in [-0.39, 0.29) is 24.0 Å². The number of esters is 2. The summed E-state index contributed by atoms with van der Waals surface area (Å²) in [5.41, 5.74) is 0. The molecule has 104 valence electrons. The number of hydrogen-bond donors (Lipinski definition) is 0. The molecule has 6 heteroatoms. The van der Waals surface area contributed by atoms with Crippen LogP contribution in [0, 0.1) is 0 Å². The second-order valence-corrected chi connectivity index (χ2v) is 4.41. The number of likely N-dealkylation sites (N-methyl/N-ethyl adjacent to an activating group) is 2. The van der Waals surface area contributed by atoms with Crippen LogP contribution in [0.25, 0.3) is 0 Å². The van der Waals surface area contributed by atoms with Gasteiger partial charge in [0.25, 0.3) is 0 Å². The molecule has 1 heterocycles. The summed E-state index contributed by atoms with van der Waals surface area (Å²) in [5, 5.41) is 0. The van der Waals surface area contributed by atoms with Gasteiger partial charge in [-0.25, -0.2) is 0 Å². The van der Waals surface area contributed by atoms with Gasteiger partial charge in [0.05, 0.1) is 13.2 Å². The van der Waals surface area contributed by atoms with Crippen molar-refractivity contribution in [2.75, 3.05) is 40.4 Å². The first-order chi connectivity index (χ1) is 8.51. The van der Waals surface area contributed by atoms with Gasteiger partial charge in [0, 0.05) is 13.1 Å². The van der Waals surface area contributed by atoms with Crippen LogP contribution < -0.4 is 0 Å². The van der Waals surface area contributed by atoms with Gasteiger partial charge in [0.15, 0.2) is 0 Å². The van der Waals surface area contributed by atoms with Crippen molar-refractivity contribution in [3.63, 3.8) is 0 Å². The zero-order valence-electron chi connectivity index (χ0n) is 11.5. The van der Waals surface area contributed by atoms with E-state index in [1.165, 1.54) is 0 Å². The van der Waals surface area contributed by atoms with Gasteiger partial charge in [-0.05, 0) is 27.9 Å². The Morgan fingerprint density at radius 1 is 0.944 bits per heavy atom. The van der Waals surface area contributed by atoms with Crippen LogP contribution in [0.15, 0.2) is 0 Å². The molecule has 18 heavy (non-hydrogen) atoms. The standard InChI is InChI=1S/C12H22N2O4/c1-5-17-11(15)9-7-14(4)10(8-13(9)3)12(16)18-6-2/h9-10H,5-8H2,1-4H3. The average Bonchev–Trinajstić information content (AvgIpc) is 2.32. The predicted molar refractivity (Wildman–Crippen MR) is 66.1 cm³/mol. The van der Waals surface area contributed by atoms with E-state index in [1.54, 1.807) is 13.8 Å². The molecular formula is C12H22N2O4. The van der Waals surface area contributed by atoms with Crippen molar-refractivity contribution in [3.05, 3.63) is 0 Å². The van der Waals surface area contributed by atoms with Gasteiger partial charge in [0.2, 0.25) is 0 Å². The van der Waals surface area contributed by atoms with Crippen LogP contribution in [-0.4, -0.2) is 74.2 Å². The largest absolute Gasteiger partial charge is 0.465 e. The fraction of sp³-hybridized carbons (Fsp3) is 0.833. The molecule has 2 atom stereocenters. The molecule has 0 aromatic heterocycles. The molecule has 1 aliphatic heterocycles. The van der Waals surface area contributed by atoms with E-state index < -0.39 is 0 Å². The topological polar surface area (TPSA) is 59.1 Å². The normalized spacial score (nSPS) is 25.8. The summed E-state index contributed by atoms with van der Waals surface area (Å²) in [6.07, 6.45) is 0. The Morgan fingerprint density at radius 3 is 1.56 bits per heavy atom. The van der Waals surface area contributed by atoms with Gasteiger partial charge in [-0.3, -0.25) is 19.4 Å². The summed E-state index contributed by atoms with van der Waals surface area (Å²) in [7, 11) is 3.64. The van der Waals surface area contributed by atoms with Gasteiger partial charge in [0.1, 0.15) is 12.1 Å². The summed E-state index contributed by atoms with van der Waals surface area (Å²) in [5.74, 6) is -0.483. The predicted octanol–water partition coefficient (Wildman–Crippen LogP) is -0.273. The van der Waals surface area contributed by atoms with Crippen LogP contribution in [0.2, 0.25) is 0 Å². The third kappa shape index (κ3) is 3.43. The summed E-state index contributed by atoms with van der Waals surface area (Å²) in [4.78, 5) is 27.2. The van der Waals surface area contributed by atoms with E-state index in [0.29, 0.717) is 26.3 Å². The molecule has 0 spiro atoms. The minimum absolute atomic E-state index is 0.242. The first kappa shape index (κ1) is 14.9. The number of ether oxygens (including phenoxy) is 2. The lowest BCUT2D eigenvalue weighted by Gasteiger charge is -2.40. The van der Waals surface area contributed by atoms with Gasteiger partial charge in [-0.2, -0.15) is 0 Å². The van der Waals surface area contributed by atoms with E-state index in [4.69, 9.17) is 9.47 Å². The average molecular weight is 258 g/mol. The molecule has 0 amide bonds. The van der Waals surface area contributed by atoms with Crippen molar-refractivity contribution in [2.24, 2.45) is 0 Å². The Kier molecular flexibility index (Phi) is 5.55. The van der Waals surface area contributed by atoms with E-state index >= 15 is 0 Å². The highest BCUT2D eigenvalue weighted by molar-refractivity contribution is 5.79. The molecule has 0 aromatic carbocycles. The Labute approximate surface area is 108 Å². The SMILES string of the molecule is CCOC(=O)C1CN(C)C(C(=O)OCC)CN1C. The van der Waals surface area contributed by atoms with Crippen LogP contribution in [0.1, 0.15) is 13.8 Å². The molecule has 0 bridgehead atoms. The van der Waals surface area contributed by atoms with Gasteiger partial charge < -0.3 is 9.47 Å². The fourth-order valence-electron chi connectivity index (χ4n) is 2.06. The van der Waals surface area contributed by atoms with Crippen molar-refractivity contribution in [2.45, 2.75) is 25.9 Å². The second kappa shape index (κ2) is 6.70. The zero-order valence-corrected chi connectivity index (χ0v) is 11.5. The van der Waals surface area contributed by atoms with Gasteiger partial charge >= 0.3 is 11.9 Å². The first-order valence-corrected chi connectivity index (χ1v) is 6.25. The third-order valence-corrected chi connectivity index (χ3v) is 3.10. The Balaban J connectivity index is 2.64. The van der Waals surface area contributed by atoms with Crippen molar-refractivity contribution >= 4 is 11.9 Å². The molecule has 2 unspecified atom stereocenters. The smallest absolute Gasteiger partial charge is 0.324 e. The molecule has 1 aliphatic rings. The second-order valence-electron chi connectivity index (χ2n) is 4.41. The van der Waals surface area contributed by atoms with E-state index in [9.17, 15) is 9.59 Å². The van der Waals surface area contributed by atoms with E-state index in [1.807, 2.05) is 23.9 Å². The van der Waals surface area contributed by atoms with Crippen molar-refractivity contribution in [1.82, 2.24) is 9.80 Å². The lowest BCUT2D eigenvalue weighted by Crippen LogP contribution is -2.61. The molecule has 0 aliphatic carbocycles. The molecule has 0 saturated carbocycles. The number of carbonyl (C=O) groups excluding carboxylic acids is 2. The van der Waals surface area contributed by atoms with E-state index in [2.05, 4.69) is 0 Å². The highest BCUT2D eigenvalue weighted by atomic mass is 16.5. The molecule has 0 aromatic rings. The van der Waals surface area contributed by atoms with Crippen LogP contribution in [0.5, 0.6) is 0 Å². The van der Waals surface area contributed by atoms with Gasteiger partial charge in [-0.1, -0.05) is 0 Å². The van der Waals surface area contributed by atoms with Crippen LogP contribution >= 0.6 is 0 Å². The molecule has 1 saturated heterocycles. The lowest BCUT2D eigenvalue weighted by molar-refractivity contribution is -0.160. The number of nitrogens with zero attached hydrogens (tertiary/aromatic N) is 2. The van der Waals surface area contributed by atoms with E-state index in [0.717, 1.165) is 0 Å². The van der Waals surface area contributed by atoms with Crippen LogP contribution in [-0.2, 0) is 19.1 Å². The third-order valence-electron chi connectivity index (χ3n) is 3.10. The van der Waals surface area contributed by atoms with Gasteiger partial charge in [-0.15, -0.1) is 0 Å². The number of rotatable bonds is 4. The number of piperazine rings is 1. The molecule has 1 rings (SSSR count). The minimum atomic E-state index is -0.319. The monoisotopic (exact) mass is 258 g/mol. The first-order valence-electron chi connectivity index (χ1n) is 6.25. The maximum Gasteiger partial charge on any atom is 0.324 e. The molecule has 6 nitrogen and oxygen atoms in total. The highest BCUT2D eigenvalue weighted by Gasteiger charge is 2.38. The Morgan fingerprint density at radius 2 is 1.28 bits per heavy atom. The summed E-state index contributed by atoms with van der Waals surface area (Å²) < 4.78 is 10.0. The van der Waals surface area contributed by atoms with Crippen LogP contribution in [0.4, 0.5) is 0 Å². The quantitative estimate of drug-likeness (QED) is 0.647. The summed E-state index contributed by atoms with van der Waals surface area (Å²) >= 11 is 0. The van der Waals surface area contributed by atoms with Crippen molar-refractivity contribution in [3.8, 4) is 0 Å². The Bertz CT molecular complexity index is 278.